The van der Waals surface area contributed by atoms with Crippen LogP contribution in [0, 0.1) is 6.92 Å². The van der Waals surface area contributed by atoms with E-state index in [-0.39, 0.29) is 11.3 Å². The second-order valence-electron chi connectivity index (χ2n) is 5.68. The Morgan fingerprint density at radius 2 is 2.00 bits per heavy atom. The first-order valence-electron chi connectivity index (χ1n) is 8.01. The van der Waals surface area contributed by atoms with Crippen LogP contribution < -0.4 is 9.47 Å². The summed E-state index contributed by atoms with van der Waals surface area (Å²) in [6, 6.07) is 5.38. The molecule has 1 atom stereocenters. The average Bonchev–Trinajstić information content (AvgIpc) is 3.11. The number of rotatable bonds is 6. The van der Waals surface area contributed by atoms with E-state index in [2.05, 4.69) is 15.0 Å². The Morgan fingerprint density at radius 3 is 2.67 bits per heavy atom. The Balaban J connectivity index is 1.90. The molecule has 8 nitrogen and oxygen atoms in total. The van der Waals surface area contributed by atoms with Gasteiger partial charge in [0.05, 0.1) is 54.6 Å². The van der Waals surface area contributed by atoms with Crippen molar-refractivity contribution in [3.8, 4) is 11.5 Å². The highest BCUT2D eigenvalue weighted by atomic mass is 32.2. The maximum absolute atomic E-state index is 12.8. The molecule has 0 aliphatic rings. The molecule has 142 valence electrons. The fourth-order valence-electron chi connectivity index (χ4n) is 2.69. The van der Waals surface area contributed by atoms with Crippen molar-refractivity contribution >= 4 is 27.8 Å². The van der Waals surface area contributed by atoms with E-state index in [1.54, 1.807) is 32.2 Å². The van der Waals surface area contributed by atoms with Gasteiger partial charge in [0.1, 0.15) is 17.1 Å². The normalized spacial score (nSPS) is 12.0. The minimum absolute atomic E-state index is 0.126. The maximum atomic E-state index is 12.8. The van der Waals surface area contributed by atoms with Gasteiger partial charge in [0.25, 0.3) is 0 Å². The number of benzene rings is 1. The number of ether oxygens (including phenoxy) is 3. The van der Waals surface area contributed by atoms with Gasteiger partial charge in [-0.25, -0.2) is 9.78 Å². The van der Waals surface area contributed by atoms with Gasteiger partial charge in [0.15, 0.2) is 5.16 Å². The molecule has 2 aromatic heterocycles. The number of aromatic nitrogens is 3. The van der Waals surface area contributed by atoms with Crippen molar-refractivity contribution < 1.29 is 23.2 Å². The van der Waals surface area contributed by atoms with Crippen LogP contribution in [0.4, 0.5) is 0 Å². The summed E-state index contributed by atoms with van der Waals surface area (Å²) in [5.41, 5.74) is 2.84. The monoisotopic (exact) mass is 389 g/mol. The number of nitrogens with one attached hydrogen (secondary N) is 1. The number of carbonyl (C=O) groups excluding carboxylic acids is 1. The van der Waals surface area contributed by atoms with Crippen LogP contribution >= 0.6 is 0 Å². The summed E-state index contributed by atoms with van der Waals surface area (Å²) < 4.78 is 28.0. The van der Waals surface area contributed by atoms with Gasteiger partial charge in [-0.05, 0) is 19.1 Å². The minimum Gasteiger partial charge on any atom is -0.497 e. The molecular weight excluding hydrogens is 370 g/mol. The Labute approximate surface area is 158 Å². The van der Waals surface area contributed by atoms with Gasteiger partial charge in [0, 0.05) is 17.8 Å². The Morgan fingerprint density at radius 1 is 1.22 bits per heavy atom. The highest BCUT2D eigenvalue weighted by molar-refractivity contribution is 7.84. The third kappa shape index (κ3) is 3.63. The summed E-state index contributed by atoms with van der Waals surface area (Å²) in [6.45, 7) is 1.76. The number of fused-ring (bicyclic) bond motifs is 1. The van der Waals surface area contributed by atoms with E-state index in [9.17, 15) is 9.00 Å². The Hall–Kier alpha value is -2.94. The van der Waals surface area contributed by atoms with Crippen LogP contribution in [0.5, 0.6) is 11.5 Å². The number of pyridine rings is 1. The number of imidazole rings is 1. The molecule has 2 heterocycles. The first kappa shape index (κ1) is 18.8. The third-order valence-corrected chi connectivity index (χ3v) is 5.29. The number of hydrogen-bond donors (Lipinski definition) is 1. The van der Waals surface area contributed by atoms with Crippen molar-refractivity contribution in [3.05, 3.63) is 41.2 Å². The zero-order valence-corrected chi connectivity index (χ0v) is 16.2. The number of esters is 1. The standard InChI is InChI=1S/C18H19N3O5S/c1-10-15(19-8-12(16(10)25-3)17(22)26-4)9-27(23)18-20-13-6-5-11(24-2)7-14(13)21-18/h5-8H,9H2,1-4H3,(H,20,21)/t27-/m0/s1. The Bertz CT molecular complexity index is 1030. The van der Waals surface area contributed by atoms with Crippen molar-refractivity contribution in [3.63, 3.8) is 0 Å². The molecule has 0 amide bonds. The molecule has 0 saturated carbocycles. The molecule has 9 heteroatoms. The van der Waals surface area contributed by atoms with E-state index in [0.29, 0.717) is 33.4 Å². The lowest BCUT2D eigenvalue weighted by atomic mass is 10.1. The van der Waals surface area contributed by atoms with Crippen LogP contribution in [0.1, 0.15) is 21.6 Å². The van der Waals surface area contributed by atoms with E-state index in [1.165, 1.54) is 20.4 Å². The van der Waals surface area contributed by atoms with Crippen LogP contribution in [0.2, 0.25) is 0 Å². The smallest absolute Gasteiger partial charge is 0.343 e. The molecule has 1 N–H and O–H groups in total. The number of carbonyl (C=O) groups is 1. The van der Waals surface area contributed by atoms with Crippen LogP contribution in [0.3, 0.4) is 0 Å². The highest BCUT2D eigenvalue weighted by Gasteiger charge is 2.20. The van der Waals surface area contributed by atoms with Crippen LogP contribution in [0.25, 0.3) is 11.0 Å². The summed E-state index contributed by atoms with van der Waals surface area (Å²) in [7, 11) is 2.87. The summed E-state index contributed by atoms with van der Waals surface area (Å²) in [5.74, 6) is 0.629. The zero-order valence-electron chi connectivity index (χ0n) is 15.4. The van der Waals surface area contributed by atoms with Gasteiger partial charge in [-0.2, -0.15) is 0 Å². The number of methoxy groups -OCH3 is 3. The first-order chi connectivity index (χ1) is 13.0. The topological polar surface area (TPSA) is 103 Å². The summed E-state index contributed by atoms with van der Waals surface area (Å²) in [4.78, 5) is 23.5. The molecular formula is C18H19N3O5S. The van der Waals surface area contributed by atoms with Crippen molar-refractivity contribution in [2.24, 2.45) is 0 Å². The third-order valence-electron chi connectivity index (χ3n) is 4.13. The van der Waals surface area contributed by atoms with Crippen molar-refractivity contribution in [2.45, 2.75) is 17.8 Å². The van der Waals surface area contributed by atoms with Crippen molar-refractivity contribution in [1.82, 2.24) is 15.0 Å². The quantitative estimate of drug-likeness (QED) is 0.646. The Kier molecular flexibility index (Phi) is 5.41. The van der Waals surface area contributed by atoms with E-state index in [4.69, 9.17) is 14.2 Å². The van der Waals surface area contributed by atoms with Gasteiger partial charge in [-0.15, -0.1) is 0 Å². The molecule has 0 bridgehead atoms. The van der Waals surface area contributed by atoms with Gasteiger partial charge in [-0.1, -0.05) is 0 Å². The second kappa shape index (κ2) is 7.75. The van der Waals surface area contributed by atoms with Crippen LogP contribution in [0.15, 0.2) is 29.6 Å². The highest BCUT2D eigenvalue weighted by Crippen LogP contribution is 2.27. The summed E-state index contributed by atoms with van der Waals surface area (Å²) in [5, 5.41) is 0.343. The lowest BCUT2D eigenvalue weighted by molar-refractivity contribution is 0.0596. The van der Waals surface area contributed by atoms with Crippen molar-refractivity contribution in [1.29, 1.82) is 0 Å². The van der Waals surface area contributed by atoms with Crippen molar-refractivity contribution in [2.75, 3.05) is 21.3 Å². The SMILES string of the molecule is COC(=O)c1cnc(C[S@](=O)c2nc3ccc(OC)cc3[nH]2)c(C)c1OC. The predicted octanol–water partition coefficient (Wildman–Crippen LogP) is 2.38. The first-order valence-corrected chi connectivity index (χ1v) is 9.33. The lowest BCUT2D eigenvalue weighted by Gasteiger charge is -2.12. The molecule has 3 rings (SSSR count). The summed E-state index contributed by atoms with van der Waals surface area (Å²) >= 11 is 0. The lowest BCUT2D eigenvalue weighted by Crippen LogP contribution is -2.10. The zero-order chi connectivity index (χ0) is 19.6. The van der Waals surface area contributed by atoms with Gasteiger partial charge in [-0.3, -0.25) is 9.19 Å². The molecule has 27 heavy (non-hydrogen) atoms. The molecule has 0 radical (unpaired) electrons. The van der Waals surface area contributed by atoms with E-state index in [1.807, 2.05) is 0 Å². The fourth-order valence-corrected chi connectivity index (χ4v) is 3.79. The maximum Gasteiger partial charge on any atom is 0.343 e. The summed E-state index contributed by atoms with van der Waals surface area (Å²) in [6.07, 6.45) is 1.37. The molecule has 1 aromatic carbocycles. The number of nitrogens with zero attached hydrogens (tertiary/aromatic N) is 2. The number of hydrogen-bond acceptors (Lipinski definition) is 7. The molecule has 0 aliphatic carbocycles. The van der Waals surface area contributed by atoms with Gasteiger partial charge >= 0.3 is 5.97 Å². The molecule has 3 aromatic rings. The second-order valence-corrected chi connectivity index (χ2v) is 7.05. The molecule has 0 saturated heterocycles. The van der Waals surface area contributed by atoms with Crippen LogP contribution in [-0.2, 0) is 21.3 Å². The van der Waals surface area contributed by atoms with Crippen LogP contribution in [-0.4, -0.2) is 46.5 Å². The van der Waals surface area contributed by atoms with Gasteiger partial charge < -0.3 is 19.2 Å². The molecule has 0 fully saturated rings. The fraction of sp³-hybridized carbons (Fsp3) is 0.278. The molecule has 0 spiro atoms. The molecule has 0 unspecified atom stereocenters. The predicted molar refractivity (Wildman–Crippen MR) is 99.6 cm³/mol. The largest absolute Gasteiger partial charge is 0.497 e. The minimum atomic E-state index is -1.46. The number of H-pyrrole nitrogens is 1. The van der Waals surface area contributed by atoms with Gasteiger partial charge in [0.2, 0.25) is 0 Å². The number of aromatic amines is 1. The molecule has 0 aliphatic heterocycles. The average molecular weight is 389 g/mol. The van der Waals surface area contributed by atoms with E-state index in [0.717, 1.165) is 5.52 Å². The van der Waals surface area contributed by atoms with E-state index >= 15 is 0 Å². The van der Waals surface area contributed by atoms with E-state index < -0.39 is 16.8 Å².